The van der Waals surface area contributed by atoms with E-state index in [9.17, 15) is 0 Å². The summed E-state index contributed by atoms with van der Waals surface area (Å²) in [5.74, 6) is 0. The third-order valence-electron chi connectivity index (χ3n) is 13.3. The van der Waals surface area contributed by atoms with E-state index in [2.05, 4.69) is 233 Å². The quantitative estimate of drug-likeness (QED) is 0.163. The summed E-state index contributed by atoms with van der Waals surface area (Å²) in [7, 11) is 0. The topological polar surface area (TPSA) is 3.24 Å². The maximum Gasteiger partial charge on any atom is 0.0546 e. The van der Waals surface area contributed by atoms with Gasteiger partial charge in [-0.25, -0.2) is 0 Å². The van der Waals surface area contributed by atoms with Gasteiger partial charge in [-0.2, -0.15) is 0 Å². The van der Waals surface area contributed by atoms with Crippen LogP contribution >= 0.6 is 0 Å². The van der Waals surface area contributed by atoms with Gasteiger partial charge in [-0.05, 0) is 120 Å². The van der Waals surface area contributed by atoms with Crippen LogP contribution in [0.3, 0.4) is 0 Å². The van der Waals surface area contributed by atoms with E-state index in [1.54, 1.807) is 0 Å². The molecule has 0 N–H and O–H groups in total. The highest BCUT2D eigenvalue weighted by atomic mass is 15.1. The van der Waals surface area contributed by atoms with Crippen LogP contribution < -0.4 is 4.90 Å². The summed E-state index contributed by atoms with van der Waals surface area (Å²) in [6.45, 7) is 9.54. The molecule has 0 saturated carbocycles. The van der Waals surface area contributed by atoms with Crippen LogP contribution in [0.2, 0.25) is 0 Å². The minimum absolute atomic E-state index is 0.125. The zero-order chi connectivity index (χ0) is 39.9. The van der Waals surface area contributed by atoms with Crippen molar-refractivity contribution in [2.24, 2.45) is 0 Å². The zero-order valence-electron chi connectivity index (χ0n) is 34.0. The molecular weight excluding hydrogens is 711 g/mol. The van der Waals surface area contributed by atoms with Gasteiger partial charge in [0, 0.05) is 27.6 Å². The lowest BCUT2D eigenvalue weighted by Crippen LogP contribution is -2.17. The van der Waals surface area contributed by atoms with Crippen LogP contribution in [0.5, 0.6) is 0 Å². The van der Waals surface area contributed by atoms with Crippen molar-refractivity contribution in [2.75, 3.05) is 4.90 Å². The number of benzene rings is 9. The summed E-state index contributed by atoms with van der Waals surface area (Å²) in [5.41, 5.74) is 21.3. The monoisotopic (exact) mass is 755 g/mol. The maximum absolute atomic E-state index is 2.51. The Balaban J connectivity index is 1.11. The molecule has 0 atom stereocenters. The standard InChI is InChI=1S/C58H45N/c1-57(2)52-22-14-13-19-46(52)47-33-32-45(36-54(47)57)59(44-30-27-42(28-31-44)41-25-23-40(24-26-41)38-15-7-5-8-16-38)55-37-51-50-35-43(39-17-9-6-10-18-39)29-34-53(50)58(3,4)56(51)49-21-12-11-20-48(49)55/h5-37H,1-4H3. The molecular formula is C58H45N. The second-order valence-corrected chi connectivity index (χ2v) is 17.3. The van der Waals surface area contributed by atoms with Gasteiger partial charge in [-0.1, -0.05) is 191 Å². The van der Waals surface area contributed by atoms with Crippen molar-refractivity contribution in [3.8, 4) is 55.6 Å². The van der Waals surface area contributed by atoms with Crippen LogP contribution in [0.25, 0.3) is 66.4 Å². The molecule has 1 heteroatoms. The highest BCUT2D eigenvalue weighted by Crippen LogP contribution is 2.56. The first-order valence-electron chi connectivity index (χ1n) is 20.8. The summed E-state index contributed by atoms with van der Waals surface area (Å²) in [6, 6.07) is 74.2. The number of nitrogens with zero attached hydrogens (tertiary/aromatic N) is 1. The van der Waals surface area contributed by atoms with E-state index >= 15 is 0 Å². The van der Waals surface area contributed by atoms with Crippen molar-refractivity contribution in [1.82, 2.24) is 0 Å². The van der Waals surface area contributed by atoms with Gasteiger partial charge >= 0.3 is 0 Å². The van der Waals surface area contributed by atoms with E-state index in [1.807, 2.05) is 0 Å². The molecule has 9 aromatic rings. The molecule has 0 unspecified atom stereocenters. The van der Waals surface area contributed by atoms with Crippen LogP contribution in [-0.2, 0) is 10.8 Å². The van der Waals surface area contributed by atoms with Gasteiger partial charge in [0.2, 0.25) is 0 Å². The maximum atomic E-state index is 2.51. The third kappa shape index (κ3) is 5.53. The molecule has 282 valence electrons. The molecule has 0 bridgehead atoms. The van der Waals surface area contributed by atoms with Gasteiger partial charge in [0.15, 0.2) is 0 Å². The second kappa shape index (κ2) is 13.3. The molecule has 0 radical (unpaired) electrons. The molecule has 59 heavy (non-hydrogen) atoms. The normalized spacial score (nSPS) is 14.0. The molecule has 2 aliphatic carbocycles. The van der Waals surface area contributed by atoms with E-state index in [0.29, 0.717) is 0 Å². The summed E-state index contributed by atoms with van der Waals surface area (Å²) in [6.07, 6.45) is 0. The van der Waals surface area contributed by atoms with Gasteiger partial charge in [0.05, 0.1) is 5.69 Å². The number of hydrogen-bond donors (Lipinski definition) is 0. The second-order valence-electron chi connectivity index (χ2n) is 17.3. The Morgan fingerprint density at radius 1 is 0.305 bits per heavy atom. The third-order valence-corrected chi connectivity index (χ3v) is 13.3. The minimum atomic E-state index is -0.163. The van der Waals surface area contributed by atoms with Crippen LogP contribution in [-0.4, -0.2) is 0 Å². The molecule has 0 amide bonds. The van der Waals surface area contributed by atoms with E-state index < -0.39 is 0 Å². The van der Waals surface area contributed by atoms with Crippen molar-refractivity contribution in [3.05, 3.63) is 222 Å². The van der Waals surface area contributed by atoms with Crippen molar-refractivity contribution >= 4 is 27.8 Å². The Bertz CT molecular complexity index is 3060. The van der Waals surface area contributed by atoms with E-state index in [0.717, 1.165) is 11.4 Å². The molecule has 11 rings (SSSR count). The van der Waals surface area contributed by atoms with E-state index in [1.165, 1.54) is 94.3 Å². The molecule has 9 aromatic carbocycles. The summed E-state index contributed by atoms with van der Waals surface area (Å²) < 4.78 is 0. The van der Waals surface area contributed by atoms with Crippen LogP contribution in [0.1, 0.15) is 49.9 Å². The predicted molar refractivity (Wildman–Crippen MR) is 250 cm³/mol. The lowest BCUT2D eigenvalue weighted by molar-refractivity contribution is 0.660. The Morgan fingerprint density at radius 3 is 1.47 bits per heavy atom. The largest absolute Gasteiger partial charge is 0.310 e. The first-order valence-corrected chi connectivity index (χ1v) is 20.8. The lowest BCUT2D eigenvalue weighted by Gasteiger charge is -2.31. The summed E-state index contributed by atoms with van der Waals surface area (Å²) in [4.78, 5) is 2.51. The Labute approximate surface area is 347 Å². The average molecular weight is 756 g/mol. The van der Waals surface area contributed by atoms with Crippen molar-refractivity contribution in [1.29, 1.82) is 0 Å². The average Bonchev–Trinajstić information content (AvgIpc) is 3.66. The van der Waals surface area contributed by atoms with Crippen molar-refractivity contribution in [3.63, 3.8) is 0 Å². The van der Waals surface area contributed by atoms with E-state index in [-0.39, 0.29) is 10.8 Å². The predicted octanol–water partition coefficient (Wildman–Crippen LogP) is 15.9. The number of hydrogen-bond acceptors (Lipinski definition) is 1. The number of anilines is 3. The Kier molecular flexibility index (Phi) is 7.94. The molecule has 0 fully saturated rings. The summed E-state index contributed by atoms with van der Waals surface area (Å²) >= 11 is 0. The van der Waals surface area contributed by atoms with Gasteiger partial charge in [0.25, 0.3) is 0 Å². The molecule has 0 aliphatic heterocycles. The molecule has 2 aliphatic rings. The van der Waals surface area contributed by atoms with Crippen molar-refractivity contribution in [2.45, 2.75) is 38.5 Å². The Hall–Kier alpha value is -6.96. The van der Waals surface area contributed by atoms with Gasteiger partial charge in [-0.15, -0.1) is 0 Å². The smallest absolute Gasteiger partial charge is 0.0546 e. The van der Waals surface area contributed by atoms with Crippen LogP contribution in [0, 0.1) is 0 Å². The number of rotatable bonds is 6. The fourth-order valence-corrected chi connectivity index (χ4v) is 10.2. The summed E-state index contributed by atoms with van der Waals surface area (Å²) in [5, 5.41) is 2.55. The van der Waals surface area contributed by atoms with Crippen LogP contribution in [0.4, 0.5) is 17.1 Å². The van der Waals surface area contributed by atoms with Crippen molar-refractivity contribution < 1.29 is 0 Å². The highest BCUT2D eigenvalue weighted by molar-refractivity contribution is 6.07. The van der Waals surface area contributed by atoms with Gasteiger partial charge in [-0.3, -0.25) is 0 Å². The van der Waals surface area contributed by atoms with Gasteiger partial charge in [0.1, 0.15) is 0 Å². The fraction of sp³-hybridized carbons (Fsp3) is 0.103. The molecule has 1 nitrogen and oxygen atoms in total. The molecule has 0 saturated heterocycles. The highest BCUT2D eigenvalue weighted by Gasteiger charge is 2.39. The van der Waals surface area contributed by atoms with Gasteiger partial charge < -0.3 is 4.90 Å². The first-order chi connectivity index (χ1) is 28.8. The fourth-order valence-electron chi connectivity index (χ4n) is 10.2. The molecule has 0 spiro atoms. The zero-order valence-corrected chi connectivity index (χ0v) is 34.0. The number of fused-ring (bicyclic) bond motifs is 8. The minimum Gasteiger partial charge on any atom is -0.310 e. The SMILES string of the molecule is CC1(C)c2ccccc2-c2ccc(N(c3ccc(-c4ccc(-c5ccccc5)cc4)cc3)c3cc4c(c5ccccc35)C(C)(C)c3ccc(-c5ccccc5)cc3-4)cc21. The van der Waals surface area contributed by atoms with E-state index in [4.69, 9.17) is 0 Å². The van der Waals surface area contributed by atoms with Crippen LogP contribution in [0.15, 0.2) is 200 Å². The Morgan fingerprint density at radius 2 is 0.797 bits per heavy atom. The molecule has 0 aromatic heterocycles. The first kappa shape index (κ1) is 35.2. The molecule has 0 heterocycles. The lowest BCUT2D eigenvalue weighted by atomic mass is 9.79.